The summed E-state index contributed by atoms with van der Waals surface area (Å²) in [6.45, 7) is 2.07. The van der Waals surface area contributed by atoms with Crippen LogP contribution < -0.4 is 14.9 Å². The van der Waals surface area contributed by atoms with Crippen molar-refractivity contribution in [1.29, 1.82) is 5.26 Å². The highest BCUT2D eigenvalue weighted by molar-refractivity contribution is 8.00. The van der Waals surface area contributed by atoms with Crippen LogP contribution in [0.4, 0.5) is 4.39 Å². The van der Waals surface area contributed by atoms with Crippen LogP contribution in [0.15, 0.2) is 40.6 Å². The molecule has 36 heavy (non-hydrogen) atoms. The van der Waals surface area contributed by atoms with E-state index in [4.69, 9.17) is 25.8 Å². The molecule has 0 fully saturated rings. The molecule has 186 valence electrons. The molecule has 0 radical (unpaired) electrons. The molecule has 2 heterocycles. The molecule has 0 spiro atoms. The second-order valence-corrected chi connectivity index (χ2v) is 8.34. The Morgan fingerprint density at radius 3 is 2.83 bits per heavy atom. The molecule has 0 saturated heterocycles. The Morgan fingerprint density at radius 1 is 1.31 bits per heavy atom. The van der Waals surface area contributed by atoms with E-state index >= 15 is 0 Å². The van der Waals surface area contributed by atoms with Gasteiger partial charge in [0.2, 0.25) is 17.0 Å². The van der Waals surface area contributed by atoms with E-state index in [0.717, 1.165) is 18.0 Å². The van der Waals surface area contributed by atoms with Gasteiger partial charge in [0.05, 0.1) is 37.4 Å². The number of carbonyl (C=O) groups excluding carboxylic acids is 1. The van der Waals surface area contributed by atoms with E-state index in [1.807, 2.05) is 0 Å². The number of hydrazone groups is 1. The largest absolute Gasteiger partial charge is 0.493 e. The van der Waals surface area contributed by atoms with Crippen molar-refractivity contribution in [3.63, 3.8) is 0 Å². The summed E-state index contributed by atoms with van der Waals surface area (Å²) >= 11 is 6.83. The van der Waals surface area contributed by atoms with Crippen molar-refractivity contribution >= 4 is 35.5 Å². The fourth-order valence-electron chi connectivity index (χ4n) is 2.91. The summed E-state index contributed by atoms with van der Waals surface area (Å²) in [5.74, 6) is -1.13. The first kappa shape index (κ1) is 26.8. The maximum atomic E-state index is 14.0. The number of carbonyl (C=O) groups is 1. The minimum atomic E-state index is -0.803. The molecule has 0 atom stereocenters. The molecule has 0 aliphatic heterocycles. The predicted molar refractivity (Wildman–Crippen MR) is 131 cm³/mol. The summed E-state index contributed by atoms with van der Waals surface area (Å²) in [6, 6.07) is 8.65. The summed E-state index contributed by atoms with van der Waals surface area (Å²) in [4.78, 5) is 23.9. The third-order valence-electron chi connectivity index (χ3n) is 4.43. The van der Waals surface area contributed by atoms with Crippen LogP contribution in [0.25, 0.3) is 0 Å². The standard InChI is InChI=1S/C23H20ClFN6O4S/c1-13-6-15(11-33-2)16(8-26)22(29-13)36-12-20(32)31-28-9-14-4-5-18(34-3)19(7-14)35-21-17(25)10-27-23(24)30-21/h4-7,9-10H,11-12H2,1-3H3,(H,31,32)/b28-9-. The normalized spacial score (nSPS) is 10.8. The van der Waals surface area contributed by atoms with Crippen molar-refractivity contribution in [3.8, 4) is 23.4 Å². The van der Waals surface area contributed by atoms with Crippen LogP contribution in [0.1, 0.15) is 22.4 Å². The molecule has 3 aromatic rings. The molecule has 0 aliphatic rings. The highest BCUT2D eigenvalue weighted by Crippen LogP contribution is 2.32. The second kappa shape index (κ2) is 12.8. The van der Waals surface area contributed by atoms with Crippen LogP contribution in [-0.2, 0) is 16.1 Å². The summed E-state index contributed by atoms with van der Waals surface area (Å²) in [6.07, 6.45) is 2.26. The number of ether oxygens (including phenoxy) is 3. The van der Waals surface area contributed by atoms with E-state index in [0.29, 0.717) is 33.2 Å². The van der Waals surface area contributed by atoms with Crippen molar-refractivity contribution in [2.75, 3.05) is 20.0 Å². The third kappa shape index (κ3) is 7.11. The number of nitrogens with zero attached hydrogens (tertiary/aromatic N) is 5. The zero-order chi connectivity index (χ0) is 26.1. The lowest BCUT2D eigenvalue weighted by Gasteiger charge is -2.11. The number of methoxy groups -OCH3 is 2. The number of hydrogen-bond acceptors (Lipinski definition) is 10. The molecule has 0 bridgehead atoms. The molecule has 1 aromatic carbocycles. The van der Waals surface area contributed by atoms with Gasteiger partial charge in [-0.25, -0.2) is 15.4 Å². The first-order valence-corrected chi connectivity index (χ1v) is 11.6. The van der Waals surface area contributed by atoms with Gasteiger partial charge in [0.15, 0.2) is 11.5 Å². The van der Waals surface area contributed by atoms with Gasteiger partial charge in [-0.2, -0.15) is 19.7 Å². The Labute approximate surface area is 215 Å². The molecule has 1 N–H and O–H groups in total. The van der Waals surface area contributed by atoms with E-state index < -0.39 is 11.7 Å². The quantitative estimate of drug-likeness (QED) is 0.178. The number of rotatable bonds is 10. The SMILES string of the molecule is COCc1cc(C)nc(SCC(=O)N/N=C\c2ccc(OC)c(Oc3nc(Cl)ncc3F)c2)c1C#N. The molecular formula is C23H20ClFN6O4S. The van der Waals surface area contributed by atoms with Gasteiger partial charge >= 0.3 is 0 Å². The number of nitrogens with one attached hydrogen (secondary N) is 1. The fourth-order valence-corrected chi connectivity index (χ4v) is 3.90. The average molecular weight is 531 g/mol. The average Bonchev–Trinajstić information content (AvgIpc) is 2.85. The van der Waals surface area contributed by atoms with Crippen LogP contribution in [0.3, 0.4) is 0 Å². The lowest BCUT2D eigenvalue weighted by atomic mass is 10.1. The first-order chi connectivity index (χ1) is 17.3. The molecule has 0 saturated carbocycles. The van der Waals surface area contributed by atoms with E-state index in [1.54, 1.807) is 25.1 Å². The number of benzene rings is 1. The number of thioether (sulfide) groups is 1. The molecule has 2 aromatic heterocycles. The maximum Gasteiger partial charge on any atom is 0.260 e. The minimum absolute atomic E-state index is 0.0143. The zero-order valence-corrected chi connectivity index (χ0v) is 21.0. The molecule has 10 nitrogen and oxygen atoms in total. The number of nitriles is 1. The van der Waals surface area contributed by atoms with Gasteiger partial charge in [0.1, 0.15) is 11.1 Å². The monoisotopic (exact) mass is 530 g/mol. The van der Waals surface area contributed by atoms with Gasteiger partial charge in [0, 0.05) is 12.8 Å². The van der Waals surface area contributed by atoms with Gasteiger partial charge in [-0.3, -0.25) is 4.79 Å². The van der Waals surface area contributed by atoms with Gasteiger partial charge in [0.25, 0.3) is 5.88 Å². The highest BCUT2D eigenvalue weighted by atomic mass is 35.5. The van der Waals surface area contributed by atoms with Gasteiger partial charge in [-0.1, -0.05) is 11.8 Å². The van der Waals surface area contributed by atoms with Gasteiger partial charge < -0.3 is 14.2 Å². The predicted octanol–water partition coefficient (Wildman–Crippen LogP) is 4.03. The Hall–Kier alpha value is -3.79. The van der Waals surface area contributed by atoms with E-state index in [9.17, 15) is 14.4 Å². The molecule has 13 heteroatoms. The van der Waals surface area contributed by atoms with Crippen LogP contribution in [0.2, 0.25) is 5.28 Å². The number of amides is 1. The summed E-state index contributed by atoms with van der Waals surface area (Å²) < 4.78 is 29.8. The number of halogens is 2. The number of aryl methyl sites for hydroxylation is 1. The van der Waals surface area contributed by atoms with Crippen LogP contribution in [0, 0.1) is 24.1 Å². The third-order valence-corrected chi connectivity index (χ3v) is 5.58. The highest BCUT2D eigenvalue weighted by Gasteiger charge is 2.15. The summed E-state index contributed by atoms with van der Waals surface area (Å²) in [5.41, 5.74) is 4.72. The van der Waals surface area contributed by atoms with Gasteiger partial charge in [-0.05, 0) is 53.9 Å². The Balaban J connectivity index is 1.66. The van der Waals surface area contributed by atoms with Crippen molar-refractivity contribution in [2.45, 2.75) is 18.6 Å². The molecule has 0 aliphatic carbocycles. The fraction of sp³-hybridized carbons (Fsp3) is 0.217. The number of aromatic nitrogens is 3. The Morgan fingerprint density at radius 2 is 2.11 bits per heavy atom. The topological polar surface area (TPSA) is 132 Å². The van der Waals surface area contributed by atoms with Gasteiger partial charge in [-0.15, -0.1) is 0 Å². The van der Waals surface area contributed by atoms with Crippen molar-refractivity contribution < 1.29 is 23.4 Å². The van der Waals surface area contributed by atoms with E-state index in [1.165, 1.54) is 26.5 Å². The molecule has 1 amide bonds. The maximum absolute atomic E-state index is 14.0. The Kier molecular flexibility index (Phi) is 9.52. The van der Waals surface area contributed by atoms with Crippen molar-refractivity contribution in [3.05, 3.63) is 63.9 Å². The first-order valence-electron chi connectivity index (χ1n) is 10.2. The lowest BCUT2D eigenvalue weighted by molar-refractivity contribution is -0.118. The van der Waals surface area contributed by atoms with Crippen LogP contribution in [0.5, 0.6) is 17.4 Å². The summed E-state index contributed by atoms with van der Waals surface area (Å²) in [5, 5.41) is 13.7. The van der Waals surface area contributed by atoms with E-state index in [-0.39, 0.29) is 29.3 Å². The van der Waals surface area contributed by atoms with Crippen molar-refractivity contribution in [1.82, 2.24) is 20.4 Å². The number of hydrogen-bond donors (Lipinski definition) is 1. The molecule has 0 unspecified atom stereocenters. The second-order valence-electron chi connectivity index (χ2n) is 7.03. The smallest absolute Gasteiger partial charge is 0.260 e. The van der Waals surface area contributed by atoms with E-state index in [2.05, 4.69) is 31.5 Å². The summed E-state index contributed by atoms with van der Waals surface area (Å²) in [7, 11) is 2.97. The zero-order valence-electron chi connectivity index (χ0n) is 19.4. The van der Waals surface area contributed by atoms with Crippen molar-refractivity contribution in [2.24, 2.45) is 5.10 Å². The van der Waals surface area contributed by atoms with Crippen LogP contribution >= 0.6 is 23.4 Å². The lowest BCUT2D eigenvalue weighted by Crippen LogP contribution is -2.20. The number of pyridine rings is 1. The minimum Gasteiger partial charge on any atom is -0.493 e. The Bertz CT molecular complexity index is 1330. The molecule has 3 rings (SSSR count). The molecular weight excluding hydrogens is 511 g/mol. The van der Waals surface area contributed by atoms with Crippen LogP contribution in [-0.4, -0.2) is 47.0 Å².